The van der Waals surface area contributed by atoms with E-state index >= 15 is 0 Å². The Morgan fingerprint density at radius 3 is 2.00 bits per heavy atom. The molecule has 0 aliphatic rings. The van der Waals surface area contributed by atoms with Crippen molar-refractivity contribution in [1.82, 2.24) is 5.32 Å². The van der Waals surface area contributed by atoms with Crippen molar-refractivity contribution in [2.24, 2.45) is 5.41 Å². The molecule has 0 aliphatic carbocycles. The third-order valence-electron chi connectivity index (χ3n) is 2.16. The summed E-state index contributed by atoms with van der Waals surface area (Å²) in [7, 11) is -0.210. The summed E-state index contributed by atoms with van der Waals surface area (Å²) in [6.45, 7) is 15.0. The quantitative estimate of drug-likeness (QED) is 0.740. The Balaban J connectivity index is 4.46. The van der Waals surface area contributed by atoms with E-state index in [1.54, 1.807) is 0 Å². The number of amides is 1. The summed E-state index contributed by atoms with van der Waals surface area (Å²) in [4.78, 5) is 12.0. The molecule has 0 heterocycles. The minimum Gasteiger partial charge on any atom is -0.353 e. The van der Waals surface area contributed by atoms with Gasteiger partial charge in [-0.15, -0.1) is 7.92 Å². The van der Waals surface area contributed by atoms with E-state index < -0.39 is 0 Å². The van der Waals surface area contributed by atoms with Crippen molar-refractivity contribution in [3.8, 4) is 0 Å². The molecule has 0 radical (unpaired) electrons. The number of nitrogens with one attached hydrogen (secondary N) is 1. The van der Waals surface area contributed by atoms with Gasteiger partial charge in [0.05, 0.1) is 5.66 Å². The van der Waals surface area contributed by atoms with Gasteiger partial charge >= 0.3 is 0 Å². The fourth-order valence-electron chi connectivity index (χ4n) is 1.47. The number of carbonyl (C=O) groups is 1. The number of rotatable bonds is 4. The van der Waals surface area contributed by atoms with Gasteiger partial charge in [0.25, 0.3) is 0 Å². The van der Waals surface area contributed by atoms with Crippen molar-refractivity contribution in [1.29, 1.82) is 0 Å². The van der Waals surface area contributed by atoms with E-state index in [0.717, 1.165) is 6.42 Å². The van der Waals surface area contributed by atoms with Gasteiger partial charge in [0.1, 0.15) is 0 Å². The second-order valence-corrected chi connectivity index (χ2v) is 8.46. The van der Waals surface area contributed by atoms with Gasteiger partial charge in [-0.3, -0.25) is 4.79 Å². The van der Waals surface area contributed by atoms with Gasteiger partial charge < -0.3 is 5.32 Å². The first-order valence-electron chi connectivity index (χ1n) is 5.60. The molecule has 0 aromatic rings. The van der Waals surface area contributed by atoms with Crippen molar-refractivity contribution in [3.05, 3.63) is 0 Å². The Kier molecular flexibility index (Phi) is 5.80. The molecule has 0 saturated heterocycles. The van der Waals surface area contributed by atoms with E-state index in [1.807, 2.05) is 13.8 Å². The SMILES string of the molecule is CC(C)NC(=O)C(CC(C)(C)C)P(C)C. The van der Waals surface area contributed by atoms with Crippen molar-refractivity contribution >= 4 is 13.8 Å². The number of carbonyl (C=O) groups excluding carboxylic acids is 1. The summed E-state index contributed by atoms with van der Waals surface area (Å²) in [5.74, 6) is 0.232. The molecule has 0 aliphatic heterocycles. The Hall–Kier alpha value is -0.100. The minimum atomic E-state index is -0.210. The maximum Gasteiger partial charge on any atom is 0.227 e. The first-order valence-corrected chi connectivity index (χ1v) is 7.91. The van der Waals surface area contributed by atoms with Gasteiger partial charge in [0.2, 0.25) is 5.91 Å². The van der Waals surface area contributed by atoms with Gasteiger partial charge in [0.15, 0.2) is 0 Å². The molecule has 0 saturated carbocycles. The molecule has 0 fully saturated rings. The summed E-state index contributed by atoms with van der Waals surface area (Å²) in [5, 5.41) is 3.02. The van der Waals surface area contributed by atoms with E-state index in [9.17, 15) is 4.79 Å². The van der Waals surface area contributed by atoms with Crippen LogP contribution in [0.25, 0.3) is 0 Å². The van der Waals surface area contributed by atoms with Crippen LogP contribution in [-0.4, -0.2) is 30.9 Å². The largest absolute Gasteiger partial charge is 0.353 e. The monoisotopic (exact) mass is 231 g/mol. The third kappa shape index (κ3) is 6.89. The molecule has 0 aromatic heterocycles. The van der Waals surface area contributed by atoms with Crippen LogP contribution >= 0.6 is 7.92 Å². The standard InChI is InChI=1S/C12H26NOP/c1-9(2)13-11(14)10(15(6)7)8-12(3,4)5/h9-10H,8H2,1-7H3,(H,13,14). The first-order chi connectivity index (χ1) is 6.63. The Morgan fingerprint density at radius 1 is 1.27 bits per heavy atom. The smallest absolute Gasteiger partial charge is 0.227 e. The average Bonchev–Trinajstić information content (AvgIpc) is 1.96. The molecular formula is C12H26NOP. The minimum absolute atomic E-state index is 0.197. The maximum absolute atomic E-state index is 12.0. The summed E-state index contributed by atoms with van der Waals surface area (Å²) >= 11 is 0. The molecular weight excluding hydrogens is 205 g/mol. The Labute approximate surface area is 96.0 Å². The van der Waals surface area contributed by atoms with E-state index in [-0.39, 0.29) is 30.9 Å². The maximum atomic E-state index is 12.0. The molecule has 1 amide bonds. The van der Waals surface area contributed by atoms with Gasteiger partial charge in [-0.1, -0.05) is 20.8 Å². The highest BCUT2D eigenvalue weighted by atomic mass is 31.1. The van der Waals surface area contributed by atoms with Crippen LogP contribution < -0.4 is 5.32 Å². The highest BCUT2D eigenvalue weighted by Crippen LogP contribution is 2.39. The Morgan fingerprint density at radius 2 is 1.73 bits per heavy atom. The van der Waals surface area contributed by atoms with Crippen molar-refractivity contribution in [2.75, 3.05) is 13.3 Å². The molecule has 2 nitrogen and oxygen atoms in total. The van der Waals surface area contributed by atoms with Crippen LogP contribution in [0, 0.1) is 5.41 Å². The van der Waals surface area contributed by atoms with E-state index in [2.05, 4.69) is 39.4 Å². The zero-order valence-corrected chi connectivity index (χ0v) is 12.1. The number of hydrogen-bond donors (Lipinski definition) is 1. The van der Waals surface area contributed by atoms with Crippen molar-refractivity contribution < 1.29 is 4.79 Å². The van der Waals surface area contributed by atoms with Crippen molar-refractivity contribution in [3.63, 3.8) is 0 Å². The fourth-order valence-corrected chi connectivity index (χ4v) is 2.93. The van der Waals surface area contributed by atoms with Crippen LogP contribution in [-0.2, 0) is 4.79 Å². The topological polar surface area (TPSA) is 29.1 Å². The molecule has 1 atom stereocenters. The lowest BCUT2D eigenvalue weighted by atomic mass is 9.90. The molecule has 1 unspecified atom stereocenters. The molecule has 0 rings (SSSR count). The van der Waals surface area contributed by atoms with Crippen molar-refractivity contribution in [2.45, 2.75) is 52.7 Å². The van der Waals surface area contributed by atoms with E-state index in [4.69, 9.17) is 0 Å². The second kappa shape index (κ2) is 5.84. The van der Waals surface area contributed by atoms with Gasteiger partial charge in [0, 0.05) is 6.04 Å². The lowest BCUT2D eigenvalue weighted by Gasteiger charge is -2.28. The van der Waals surface area contributed by atoms with Crippen LogP contribution in [0.15, 0.2) is 0 Å². The summed E-state index contributed by atoms with van der Waals surface area (Å²) in [6, 6.07) is 0.245. The summed E-state index contributed by atoms with van der Waals surface area (Å²) in [6.07, 6.45) is 0.976. The second-order valence-electron chi connectivity index (χ2n) is 5.91. The average molecular weight is 231 g/mol. The normalized spacial score (nSPS) is 14.5. The van der Waals surface area contributed by atoms with Crippen LogP contribution in [0.3, 0.4) is 0 Å². The van der Waals surface area contributed by atoms with Crippen LogP contribution in [0.4, 0.5) is 0 Å². The van der Waals surface area contributed by atoms with Gasteiger partial charge in [-0.05, 0) is 39.0 Å². The van der Waals surface area contributed by atoms with Crippen LogP contribution in [0.5, 0.6) is 0 Å². The fraction of sp³-hybridized carbons (Fsp3) is 0.917. The molecule has 90 valence electrons. The Bertz CT molecular complexity index is 206. The van der Waals surface area contributed by atoms with E-state index in [1.165, 1.54) is 0 Å². The number of hydrogen-bond acceptors (Lipinski definition) is 1. The zero-order valence-electron chi connectivity index (χ0n) is 11.2. The third-order valence-corrected chi connectivity index (χ3v) is 3.83. The molecule has 15 heavy (non-hydrogen) atoms. The van der Waals surface area contributed by atoms with Crippen LogP contribution in [0.2, 0.25) is 0 Å². The highest BCUT2D eigenvalue weighted by Gasteiger charge is 2.27. The zero-order chi connectivity index (χ0) is 12.2. The first kappa shape index (κ1) is 14.9. The molecule has 3 heteroatoms. The summed E-state index contributed by atoms with van der Waals surface area (Å²) in [5.41, 5.74) is 0.424. The predicted octanol–water partition coefficient (Wildman–Crippen LogP) is 3.06. The van der Waals surface area contributed by atoms with Gasteiger partial charge in [-0.2, -0.15) is 0 Å². The highest BCUT2D eigenvalue weighted by molar-refractivity contribution is 7.57. The molecule has 1 N–H and O–H groups in total. The van der Waals surface area contributed by atoms with E-state index in [0.29, 0.717) is 0 Å². The van der Waals surface area contributed by atoms with Gasteiger partial charge in [-0.25, -0.2) is 0 Å². The summed E-state index contributed by atoms with van der Waals surface area (Å²) < 4.78 is 0. The molecule has 0 aromatic carbocycles. The van der Waals surface area contributed by atoms with Crippen LogP contribution in [0.1, 0.15) is 41.0 Å². The predicted molar refractivity (Wildman–Crippen MR) is 69.9 cm³/mol. The molecule has 0 spiro atoms. The lowest BCUT2D eigenvalue weighted by molar-refractivity contribution is -0.121. The molecule has 0 bridgehead atoms. The lowest BCUT2D eigenvalue weighted by Crippen LogP contribution is -2.39.